The molecule has 0 spiro atoms. The Morgan fingerprint density at radius 3 is 2.64 bits per heavy atom. The van der Waals surface area contributed by atoms with E-state index in [4.69, 9.17) is 5.73 Å². The van der Waals surface area contributed by atoms with Crippen molar-refractivity contribution in [3.05, 3.63) is 35.4 Å². The molecule has 0 fully saturated rings. The van der Waals surface area contributed by atoms with Gasteiger partial charge in [-0.05, 0) is 11.1 Å². The average Bonchev–Trinajstić information content (AvgIpc) is 2.27. The number of benzene rings is 1. The number of aliphatic hydroxyl groups excluding tert-OH is 2. The molecule has 4 N–H and O–H groups in total. The van der Waals surface area contributed by atoms with Crippen molar-refractivity contribution >= 4 is 15.9 Å². The molecule has 0 heterocycles. The Morgan fingerprint density at radius 1 is 1.36 bits per heavy atom. The van der Waals surface area contributed by atoms with Crippen LogP contribution in [0, 0.1) is 0 Å². The molecule has 0 bridgehead atoms. The highest BCUT2D eigenvalue weighted by molar-refractivity contribution is 9.08. The lowest BCUT2D eigenvalue weighted by Crippen LogP contribution is -2.27. The van der Waals surface area contributed by atoms with Crippen LogP contribution in [0.25, 0.3) is 0 Å². The van der Waals surface area contributed by atoms with Gasteiger partial charge in [0.1, 0.15) is 6.10 Å². The number of nitrogens with two attached hydrogens (primary N) is 1. The van der Waals surface area contributed by atoms with Gasteiger partial charge in [-0.3, -0.25) is 0 Å². The molecule has 0 aliphatic carbocycles. The lowest BCUT2D eigenvalue weighted by Gasteiger charge is -2.16. The second kappa shape index (κ2) is 5.46. The molecule has 0 saturated carbocycles. The first-order valence-corrected chi connectivity index (χ1v) is 5.52. The maximum Gasteiger partial charge on any atom is 0.106 e. The van der Waals surface area contributed by atoms with E-state index in [2.05, 4.69) is 15.9 Å². The molecule has 0 aliphatic heterocycles. The molecule has 4 heteroatoms. The third kappa shape index (κ3) is 2.78. The molecule has 14 heavy (non-hydrogen) atoms. The van der Waals surface area contributed by atoms with Crippen molar-refractivity contribution in [2.24, 2.45) is 5.73 Å². The minimum atomic E-state index is -0.904. The van der Waals surface area contributed by atoms with Gasteiger partial charge in [0, 0.05) is 11.9 Å². The number of hydrogen-bond donors (Lipinski definition) is 3. The van der Waals surface area contributed by atoms with Gasteiger partial charge in [-0.1, -0.05) is 40.2 Å². The molecule has 3 nitrogen and oxygen atoms in total. The van der Waals surface area contributed by atoms with Crippen molar-refractivity contribution in [2.45, 2.75) is 17.5 Å². The molecule has 0 radical (unpaired) electrons. The molecule has 1 aromatic carbocycles. The number of hydrogen-bond acceptors (Lipinski definition) is 3. The Bertz CT molecular complexity index is 293. The van der Waals surface area contributed by atoms with E-state index < -0.39 is 12.2 Å². The van der Waals surface area contributed by atoms with Crippen molar-refractivity contribution in [3.8, 4) is 0 Å². The van der Waals surface area contributed by atoms with E-state index in [0.717, 1.165) is 10.9 Å². The Labute approximate surface area is 91.7 Å². The van der Waals surface area contributed by atoms with Crippen LogP contribution in [0.1, 0.15) is 17.2 Å². The number of aliphatic hydroxyl groups is 2. The largest absolute Gasteiger partial charge is 0.389 e. The first kappa shape index (κ1) is 11.7. The van der Waals surface area contributed by atoms with Crippen LogP contribution in [0.15, 0.2) is 24.3 Å². The van der Waals surface area contributed by atoms with Gasteiger partial charge in [-0.25, -0.2) is 0 Å². The van der Waals surface area contributed by atoms with Gasteiger partial charge in [0.25, 0.3) is 0 Å². The summed E-state index contributed by atoms with van der Waals surface area (Å²) in [6.45, 7) is 0.0553. The summed E-state index contributed by atoms with van der Waals surface area (Å²) in [5, 5.41) is 19.7. The van der Waals surface area contributed by atoms with Gasteiger partial charge in [-0.2, -0.15) is 0 Å². The molecule has 2 atom stereocenters. The number of rotatable bonds is 4. The summed E-state index contributed by atoms with van der Waals surface area (Å²) in [5.74, 6) is 0. The lowest BCUT2D eigenvalue weighted by atomic mass is 10.0. The summed E-state index contributed by atoms with van der Waals surface area (Å²) < 4.78 is 0. The molecule has 1 rings (SSSR count). The fourth-order valence-corrected chi connectivity index (χ4v) is 1.56. The van der Waals surface area contributed by atoms with E-state index in [1.165, 1.54) is 0 Å². The summed E-state index contributed by atoms with van der Waals surface area (Å²) in [5.41, 5.74) is 7.02. The molecular formula is C10H14BrNO2. The van der Waals surface area contributed by atoms with E-state index in [9.17, 15) is 10.2 Å². The Hall–Kier alpha value is -0.420. The summed E-state index contributed by atoms with van der Waals surface area (Å²) in [4.78, 5) is 0. The molecule has 1 aromatic rings. The Morgan fingerprint density at radius 2 is 2.07 bits per heavy atom. The van der Waals surface area contributed by atoms with Crippen molar-refractivity contribution < 1.29 is 10.2 Å². The first-order valence-electron chi connectivity index (χ1n) is 4.40. The highest BCUT2D eigenvalue weighted by Crippen LogP contribution is 2.18. The van der Waals surface area contributed by atoms with Crippen molar-refractivity contribution in [3.63, 3.8) is 0 Å². The molecule has 0 aliphatic rings. The lowest BCUT2D eigenvalue weighted by molar-refractivity contribution is 0.0243. The zero-order valence-electron chi connectivity index (χ0n) is 7.73. The van der Waals surface area contributed by atoms with Crippen LogP contribution in [-0.4, -0.2) is 22.9 Å². The molecule has 78 valence electrons. The SMILES string of the molecule is NCC(O)C(O)c1cccc(CBr)c1. The van der Waals surface area contributed by atoms with Crippen LogP contribution in [0.3, 0.4) is 0 Å². The minimum absolute atomic E-state index is 0.0553. The summed E-state index contributed by atoms with van der Waals surface area (Å²) in [6.07, 6.45) is -1.81. The topological polar surface area (TPSA) is 66.5 Å². The van der Waals surface area contributed by atoms with Crippen LogP contribution in [-0.2, 0) is 5.33 Å². The normalized spacial score (nSPS) is 15.1. The molecular weight excluding hydrogens is 246 g/mol. The average molecular weight is 260 g/mol. The van der Waals surface area contributed by atoms with Crippen LogP contribution in [0.4, 0.5) is 0 Å². The monoisotopic (exact) mass is 259 g/mol. The third-order valence-electron chi connectivity index (χ3n) is 2.05. The van der Waals surface area contributed by atoms with Crippen LogP contribution in [0.5, 0.6) is 0 Å². The first-order chi connectivity index (χ1) is 6.69. The zero-order valence-corrected chi connectivity index (χ0v) is 9.31. The predicted octanol–water partition coefficient (Wildman–Crippen LogP) is 0.934. The quantitative estimate of drug-likeness (QED) is 0.706. The minimum Gasteiger partial charge on any atom is -0.389 e. The fourth-order valence-electron chi connectivity index (χ4n) is 1.21. The fraction of sp³-hybridized carbons (Fsp3) is 0.400. The summed E-state index contributed by atoms with van der Waals surface area (Å²) in [6, 6.07) is 7.41. The molecule has 0 aromatic heterocycles. The second-order valence-electron chi connectivity index (χ2n) is 3.13. The summed E-state index contributed by atoms with van der Waals surface area (Å²) in [7, 11) is 0. The smallest absolute Gasteiger partial charge is 0.106 e. The van der Waals surface area contributed by atoms with Crippen molar-refractivity contribution in [1.29, 1.82) is 0 Å². The number of alkyl halides is 1. The van der Waals surface area contributed by atoms with Crippen molar-refractivity contribution in [1.82, 2.24) is 0 Å². The second-order valence-corrected chi connectivity index (χ2v) is 3.69. The van der Waals surface area contributed by atoms with Gasteiger partial charge in [0.05, 0.1) is 6.10 Å². The highest BCUT2D eigenvalue weighted by Gasteiger charge is 2.16. The van der Waals surface area contributed by atoms with Crippen LogP contribution in [0.2, 0.25) is 0 Å². The van der Waals surface area contributed by atoms with Gasteiger partial charge < -0.3 is 15.9 Å². The van der Waals surface area contributed by atoms with E-state index in [1.807, 2.05) is 18.2 Å². The Kier molecular flexibility index (Phi) is 4.54. The van der Waals surface area contributed by atoms with Crippen molar-refractivity contribution in [2.75, 3.05) is 6.54 Å². The van der Waals surface area contributed by atoms with Gasteiger partial charge in [0.15, 0.2) is 0 Å². The maximum atomic E-state index is 9.66. The van der Waals surface area contributed by atoms with Gasteiger partial charge in [-0.15, -0.1) is 0 Å². The Balaban J connectivity index is 2.83. The van der Waals surface area contributed by atoms with E-state index in [1.54, 1.807) is 6.07 Å². The van der Waals surface area contributed by atoms with Crippen LogP contribution >= 0.6 is 15.9 Å². The van der Waals surface area contributed by atoms with E-state index >= 15 is 0 Å². The number of halogens is 1. The zero-order chi connectivity index (χ0) is 10.6. The van der Waals surface area contributed by atoms with Gasteiger partial charge >= 0.3 is 0 Å². The van der Waals surface area contributed by atoms with Gasteiger partial charge in [0.2, 0.25) is 0 Å². The van der Waals surface area contributed by atoms with E-state index in [-0.39, 0.29) is 6.54 Å². The maximum absolute atomic E-state index is 9.66. The third-order valence-corrected chi connectivity index (χ3v) is 2.70. The predicted molar refractivity (Wildman–Crippen MR) is 59.1 cm³/mol. The summed E-state index contributed by atoms with van der Waals surface area (Å²) >= 11 is 3.33. The van der Waals surface area contributed by atoms with E-state index in [0.29, 0.717) is 5.56 Å². The van der Waals surface area contributed by atoms with Crippen LogP contribution < -0.4 is 5.73 Å². The standard InChI is InChI=1S/C10H14BrNO2/c11-5-7-2-1-3-8(4-7)10(14)9(13)6-12/h1-4,9-10,13-14H,5-6,12H2. The molecule has 2 unspecified atom stereocenters. The molecule has 0 saturated heterocycles. The highest BCUT2D eigenvalue weighted by atomic mass is 79.9. The molecule has 0 amide bonds.